The van der Waals surface area contributed by atoms with Crippen molar-refractivity contribution in [1.29, 1.82) is 5.41 Å². The van der Waals surface area contributed by atoms with Crippen LogP contribution >= 0.6 is 0 Å². The molecule has 1 unspecified atom stereocenters. The Bertz CT molecular complexity index is 166. The maximum atomic E-state index is 7.01. The van der Waals surface area contributed by atoms with Gasteiger partial charge in [0.1, 0.15) is 0 Å². The molecule has 0 bridgehead atoms. The zero-order valence-electron chi connectivity index (χ0n) is 5.87. The van der Waals surface area contributed by atoms with E-state index in [2.05, 4.69) is 0 Å². The highest BCUT2D eigenvalue weighted by Gasteiger charge is 2.12. The van der Waals surface area contributed by atoms with E-state index in [1.54, 1.807) is 6.20 Å². The zero-order valence-corrected chi connectivity index (χ0v) is 5.87. The second kappa shape index (κ2) is 2.70. The molecule has 0 saturated heterocycles. The van der Waals surface area contributed by atoms with Crippen molar-refractivity contribution in [3.63, 3.8) is 0 Å². The molecule has 4 nitrogen and oxygen atoms in total. The summed E-state index contributed by atoms with van der Waals surface area (Å²) in [5.74, 6) is -0.0807. The lowest BCUT2D eigenvalue weighted by molar-refractivity contribution is -0.115. The van der Waals surface area contributed by atoms with E-state index in [1.807, 2.05) is 13.0 Å². The number of rotatable bonds is 0. The Morgan fingerprint density at radius 1 is 1.90 bits per heavy atom. The van der Waals surface area contributed by atoms with Gasteiger partial charge in [0.25, 0.3) is 0 Å². The molecule has 0 aromatic heterocycles. The third-order valence-corrected chi connectivity index (χ3v) is 1.24. The maximum absolute atomic E-state index is 7.01. The first-order chi connectivity index (χ1) is 4.70. The first-order valence-corrected chi connectivity index (χ1v) is 3.17. The average Bonchev–Trinajstić information content (AvgIpc) is 1.88. The molecule has 0 aliphatic carbocycles. The summed E-state index contributed by atoms with van der Waals surface area (Å²) in [5, 5.41) is 8.26. The molecule has 0 radical (unpaired) electrons. The Balaban J connectivity index is 2.55. The molecule has 1 aliphatic heterocycles. The summed E-state index contributed by atoms with van der Waals surface area (Å²) in [7, 11) is 0. The number of guanidine groups is 1. The summed E-state index contributed by atoms with van der Waals surface area (Å²) >= 11 is 0. The van der Waals surface area contributed by atoms with E-state index >= 15 is 0 Å². The van der Waals surface area contributed by atoms with Gasteiger partial charge in [0.15, 0.2) is 0 Å². The number of nitrogens with two attached hydrogens (primary N) is 1. The van der Waals surface area contributed by atoms with Crippen LogP contribution in [0.3, 0.4) is 0 Å². The molecule has 0 fully saturated rings. The van der Waals surface area contributed by atoms with E-state index in [9.17, 15) is 0 Å². The topological polar surface area (TPSA) is 62.3 Å². The van der Waals surface area contributed by atoms with Gasteiger partial charge in [-0.05, 0) is 13.3 Å². The van der Waals surface area contributed by atoms with Crippen LogP contribution < -0.4 is 5.73 Å². The predicted octanol–water partition coefficient (Wildman–Crippen LogP) is 0.419. The van der Waals surface area contributed by atoms with Crippen molar-refractivity contribution < 1.29 is 4.84 Å². The summed E-state index contributed by atoms with van der Waals surface area (Å²) in [6.45, 7) is 1.93. The minimum absolute atomic E-state index is 0.0807. The largest absolute Gasteiger partial charge is 0.368 e. The highest BCUT2D eigenvalue weighted by molar-refractivity contribution is 5.74. The average molecular weight is 141 g/mol. The van der Waals surface area contributed by atoms with Crippen molar-refractivity contribution in [2.24, 2.45) is 5.73 Å². The van der Waals surface area contributed by atoms with Crippen LogP contribution in [0.5, 0.6) is 0 Å². The van der Waals surface area contributed by atoms with Crippen molar-refractivity contribution in [3.05, 3.63) is 12.3 Å². The third-order valence-electron chi connectivity index (χ3n) is 1.24. The highest BCUT2D eigenvalue weighted by atomic mass is 16.7. The van der Waals surface area contributed by atoms with Crippen LogP contribution in [0.25, 0.3) is 0 Å². The lowest BCUT2D eigenvalue weighted by Gasteiger charge is -2.24. The Morgan fingerprint density at radius 3 is 3.00 bits per heavy atom. The van der Waals surface area contributed by atoms with Gasteiger partial charge in [-0.2, -0.15) is 5.06 Å². The molecule has 0 aromatic carbocycles. The Morgan fingerprint density at radius 2 is 2.60 bits per heavy atom. The molecule has 3 N–H and O–H groups in total. The Hall–Kier alpha value is -1.03. The number of nitrogens with zero attached hydrogens (tertiary/aromatic N) is 1. The molecule has 0 amide bonds. The lowest BCUT2D eigenvalue weighted by atomic mass is 10.3. The fourth-order valence-electron chi connectivity index (χ4n) is 0.757. The SMILES string of the molecule is CC1CC=CN(C(=N)N)O1. The molecule has 10 heavy (non-hydrogen) atoms. The van der Waals surface area contributed by atoms with Crippen molar-refractivity contribution >= 4 is 5.96 Å². The first kappa shape index (κ1) is 7.08. The smallest absolute Gasteiger partial charge is 0.217 e. The molecule has 1 rings (SSSR count). The second-order valence-electron chi connectivity index (χ2n) is 2.25. The van der Waals surface area contributed by atoms with Gasteiger partial charge in [0.05, 0.1) is 6.10 Å². The molecule has 1 atom stereocenters. The van der Waals surface area contributed by atoms with Gasteiger partial charge in [0.2, 0.25) is 5.96 Å². The Labute approximate surface area is 59.7 Å². The normalized spacial score (nSPS) is 24.9. The molecule has 1 heterocycles. The minimum Gasteiger partial charge on any atom is -0.368 e. The van der Waals surface area contributed by atoms with E-state index in [4.69, 9.17) is 16.0 Å². The summed E-state index contributed by atoms with van der Waals surface area (Å²) < 4.78 is 0. The van der Waals surface area contributed by atoms with Gasteiger partial charge < -0.3 is 5.73 Å². The predicted molar refractivity (Wildman–Crippen MR) is 38.1 cm³/mol. The van der Waals surface area contributed by atoms with Crippen LogP contribution in [0, 0.1) is 5.41 Å². The monoisotopic (exact) mass is 141 g/mol. The molecule has 0 aromatic rings. The molecular formula is C6H11N3O. The first-order valence-electron chi connectivity index (χ1n) is 3.17. The van der Waals surface area contributed by atoms with Crippen LogP contribution in [0.4, 0.5) is 0 Å². The number of hydrogen-bond donors (Lipinski definition) is 2. The van der Waals surface area contributed by atoms with E-state index in [1.165, 1.54) is 5.06 Å². The summed E-state index contributed by atoms with van der Waals surface area (Å²) in [4.78, 5) is 5.14. The Kier molecular flexibility index (Phi) is 1.91. The van der Waals surface area contributed by atoms with E-state index in [0.717, 1.165) is 6.42 Å². The van der Waals surface area contributed by atoms with Crippen LogP contribution in [0.15, 0.2) is 12.3 Å². The van der Waals surface area contributed by atoms with E-state index < -0.39 is 0 Å². The van der Waals surface area contributed by atoms with Crippen molar-refractivity contribution in [3.8, 4) is 0 Å². The molecule has 56 valence electrons. The summed E-state index contributed by atoms with van der Waals surface area (Å²) in [6, 6.07) is 0. The lowest BCUT2D eigenvalue weighted by Crippen LogP contribution is -2.36. The van der Waals surface area contributed by atoms with Crippen molar-refractivity contribution in [1.82, 2.24) is 5.06 Å². The van der Waals surface area contributed by atoms with Crippen molar-refractivity contribution in [2.45, 2.75) is 19.4 Å². The van der Waals surface area contributed by atoms with E-state index in [-0.39, 0.29) is 12.1 Å². The van der Waals surface area contributed by atoms with Gasteiger partial charge >= 0.3 is 0 Å². The maximum Gasteiger partial charge on any atom is 0.217 e. The van der Waals surface area contributed by atoms with Crippen LogP contribution in [-0.2, 0) is 4.84 Å². The number of nitrogens with one attached hydrogen (secondary N) is 1. The third kappa shape index (κ3) is 1.48. The molecule has 0 spiro atoms. The van der Waals surface area contributed by atoms with Crippen LogP contribution in [0.1, 0.15) is 13.3 Å². The summed E-state index contributed by atoms with van der Waals surface area (Å²) in [6.07, 6.45) is 4.58. The fourth-order valence-corrected chi connectivity index (χ4v) is 0.757. The number of hydrogen-bond acceptors (Lipinski definition) is 2. The highest BCUT2D eigenvalue weighted by Crippen LogP contribution is 2.08. The van der Waals surface area contributed by atoms with Gasteiger partial charge in [-0.25, -0.2) is 0 Å². The molecule has 4 heteroatoms. The van der Waals surface area contributed by atoms with Gasteiger partial charge in [-0.1, -0.05) is 6.08 Å². The number of hydroxylamine groups is 2. The minimum atomic E-state index is -0.0807. The quantitative estimate of drug-likeness (QED) is 0.379. The second-order valence-corrected chi connectivity index (χ2v) is 2.25. The van der Waals surface area contributed by atoms with Gasteiger partial charge in [-0.3, -0.25) is 10.2 Å². The summed E-state index contributed by atoms with van der Waals surface area (Å²) in [5.41, 5.74) is 5.16. The molecule has 1 aliphatic rings. The van der Waals surface area contributed by atoms with Gasteiger partial charge in [0, 0.05) is 6.20 Å². The fraction of sp³-hybridized carbons (Fsp3) is 0.500. The zero-order chi connectivity index (χ0) is 7.56. The van der Waals surface area contributed by atoms with Crippen LogP contribution in [-0.4, -0.2) is 17.1 Å². The molecule has 0 saturated carbocycles. The van der Waals surface area contributed by atoms with Crippen molar-refractivity contribution in [2.75, 3.05) is 0 Å². The molecular weight excluding hydrogens is 130 g/mol. The van der Waals surface area contributed by atoms with Gasteiger partial charge in [-0.15, -0.1) is 0 Å². The van der Waals surface area contributed by atoms with E-state index in [0.29, 0.717) is 0 Å². The standard InChI is InChI=1S/C6H11N3O/c1-5-3-2-4-9(10-5)6(7)8/h2,4-5H,3H2,1H3,(H3,7,8). The van der Waals surface area contributed by atoms with Crippen LogP contribution in [0.2, 0.25) is 0 Å².